The fourth-order valence-electron chi connectivity index (χ4n) is 1.54. The molecule has 1 unspecified atom stereocenters. The average molecular weight is 280 g/mol. The summed E-state index contributed by atoms with van der Waals surface area (Å²) in [4.78, 5) is 0. The van der Waals surface area contributed by atoms with Gasteiger partial charge in [0.25, 0.3) is 0 Å². The Balaban J connectivity index is 2.83. The van der Waals surface area contributed by atoms with Crippen LogP contribution in [0.1, 0.15) is 18.0 Å². The predicted molar refractivity (Wildman–Crippen MR) is 67.5 cm³/mol. The van der Waals surface area contributed by atoms with E-state index in [0.717, 1.165) is 5.56 Å². The van der Waals surface area contributed by atoms with Crippen LogP contribution in [0, 0.1) is 5.82 Å². The number of hydrogen-bond acceptors (Lipinski definition) is 3. The smallest absolute Gasteiger partial charge is 0.147 e. The summed E-state index contributed by atoms with van der Waals surface area (Å²) in [7, 11) is -1.28. The third-order valence-electron chi connectivity index (χ3n) is 2.47. The highest BCUT2D eigenvalue weighted by atomic mass is 35.5. The molecule has 96 valence electrons. The maximum absolute atomic E-state index is 13.0. The fraction of sp³-hybridized carbons (Fsp3) is 0.455. The molecule has 0 spiro atoms. The first-order chi connectivity index (χ1) is 7.83. The lowest BCUT2D eigenvalue weighted by molar-refractivity contribution is 0.556. The second-order valence-corrected chi connectivity index (χ2v) is 6.60. The van der Waals surface area contributed by atoms with Crippen molar-refractivity contribution < 1.29 is 12.8 Å². The molecule has 0 aliphatic carbocycles. The number of rotatable bonds is 5. The SMILES string of the molecule is CNC(CCS(C)(=O)=O)c1ccc(F)c(Cl)c1. The molecule has 0 aliphatic rings. The Labute approximate surface area is 106 Å². The van der Waals surface area contributed by atoms with Gasteiger partial charge in [-0.25, -0.2) is 12.8 Å². The highest BCUT2D eigenvalue weighted by molar-refractivity contribution is 7.90. The van der Waals surface area contributed by atoms with Crippen LogP contribution in [0.5, 0.6) is 0 Å². The minimum Gasteiger partial charge on any atom is -0.313 e. The molecule has 0 saturated heterocycles. The van der Waals surface area contributed by atoms with Crippen LogP contribution in [-0.4, -0.2) is 27.5 Å². The van der Waals surface area contributed by atoms with Gasteiger partial charge in [0.05, 0.1) is 10.8 Å². The Morgan fingerprint density at radius 3 is 2.59 bits per heavy atom. The molecule has 1 atom stereocenters. The van der Waals surface area contributed by atoms with Crippen LogP contribution in [0.2, 0.25) is 5.02 Å². The summed E-state index contributed by atoms with van der Waals surface area (Å²) in [5.74, 6) is -0.401. The highest BCUT2D eigenvalue weighted by Crippen LogP contribution is 2.23. The Morgan fingerprint density at radius 2 is 2.12 bits per heavy atom. The minimum atomic E-state index is -3.00. The molecule has 17 heavy (non-hydrogen) atoms. The van der Waals surface area contributed by atoms with E-state index in [4.69, 9.17) is 11.6 Å². The molecule has 6 heteroatoms. The summed E-state index contributed by atoms with van der Waals surface area (Å²) < 4.78 is 35.2. The number of benzene rings is 1. The van der Waals surface area contributed by atoms with Gasteiger partial charge in [-0.15, -0.1) is 0 Å². The van der Waals surface area contributed by atoms with Crippen LogP contribution in [-0.2, 0) is 9.84 Å². The van der Waals surface area contributed by atoms with Gasteiger partial charge in [0.2, 0.25) is 0 Å². The Morgan fingerprint density at radius 1 is 1.47 bits per heavy atom. The lowest BCUT2D eigenvalue weighted by Crippen LogP contribution is -2.20. The van der Waals surface area contributed by atoms with Gasteiger partial charge < -0.3 is 5.32 Å². The Bertz CT molecular complexity index is 490. The summed E-state index contributed by atoms with van der Waals surface area (Å²) in [6.45, 7) is 0. The molecule has 0 aromatic heterocycles. The maximum atomic E-state index is 13.0. The monoisotopic (exact) mass is 279 g/mol. The Hall–Kier alpha value is -0.650. The van der Waals surface area contributed by atoms with E-state index in [1.54, 1.807) is 13.1 Å². The molecule has 0 bridgehead atoms. The molecule has 1 aromatic carbocycles. The number of nitrogens with one attached hydrogen (secondary N) is 1. The van der Waals surface area contributed by atoms with E-state index in [1.165, 1.54) is 18.4 Å². The van der Waals surface area contributed by atoms with Gasteiger partial charge >= 0.3 is 0 Å². The summed E-state index contributed by atoms with van der Waals surface area (Å²) in [5, 5.41) is 3.04. The number of halogens is 2. The summed E-state index contributed by atoms with van der Waals surface area (Å²) in [6.07, 6.45) is 1.62. The van der Waals surface area contributed by atoms with Crippen molar-refractivity contribution in [1.29, 1.82) is 0 Å². The first-order valence-corrected chi connectivity index (χ1v) is 7.57. The maximum Gasteiger partial charge on any atom is 0.147 e. The van der Waals surface area contributed by atoms with Gasteiger partial charge in [0.15, 0.2) is 0 Å². The van der Waals surface area contributed by atoms with Crippen molar-refractivity contribution in [3.8, 4) is 0 Å². The van der Waals surface area contributed by atoms with Gasteiger partial charge in [-0.2, -0.15) is 0 Å². The van der Waals surface area contributed by atoms with Crippen LogP contribution in [0.3, 0.4) is 0 Å². The molecule has 0 amide bonds. The second kappa shape index (κ2) is 5.80. The van der Waals surface area contributed by atoms with Gasteiger partial charge in [0, 0.05) is 12.3 Å². The predicted octanol–water partition coefficient (Wildman–Crippen LogP) is 2.17. The van der Waals surface area contributed by atoms with Crippen LogP contribution in [0.15, 0.2) is 18.2 Å². The lowest BCUT2D eigenvalue weighted by atomic mass is 10.0. The van der Waals surface area contributed by atoms with E-state index < -0.39 is 15.7 Å². The zero-order valence-electron chi connectivity index (χ0n) is 9.70. The van der Waals surface area contributed by atoms with E-state index in [2.05, 4.69) is 5.32 Å². The third kappa shape index (κ3) is 4.61. The van der Waals surface area contributed by atoms with Crippen LogP contribution < -0.4 is 5.32 Å². The van der Waals surface area contributed by atoms with Gasteiger partial charge in [-0.05, 0) is 31.2 Å². The molecule has 1 rings (SSSR count). The highest BCUT2D eigenvalue weighted by Gasteiger charge is 2.14. The fourth-order valence-corrected chi connectivity index (χ4v) is 2.39. The zero-order chi connectivity index (χ0) is 13.1. The van der Waals surface area contributed by atoms with Crippen molar-refractivity contribution in [1.82, 2.24) is 5.32 Å². The molecule has 0 fully saturated rings. The number of sulfone groups is 1. The first kappa shape index (κ1) is 14.4. The topological polar surface area (TPSA) is 46.2 Å². The number of hydrogen-bond donors (Lipinski definition) is 1. The summed E-state index contributed by atoms with van der Waals surface area (Å²) in [6, 6.07) is 4.25. The quantitative estimate of drug-likeness (QED) is 0.899. The molecule has 1 aromatic rings. The molecule has 0 saturated carbocycles. The largest absolute Gasteiger partial charge is 0.313 e. The van der Waals surface area contributed by atoms with Gasteiger partial charge in [0.1, 0.15) is 15.7 Å². The van der Waals surface area contributed by atoms with Crippen LogP contribution in [0.25, 0.3) is 0 Å². The van der Waals surface area contributed by atoms with E-state index in [0.29, 0.717) is 6.42 Å². The first-order valence-electron chi connectivity index (χ1n) is 5.13. The van der Waals surface area contributed by atoms with E-state index >= 15 is 0 Å². The molecule has 0 aliphatic heterocycles. The van der Waals surface area contributed by atoms with Gasteiger partial charge in [-0.1, -0.05) is 17.7 Å². The molecule has 3 nitrogen and oxygen atoms in total. The van der Waals surface area contributed by atoms with E-state index in [1.807, 2.05) is 0 Å². The standard InChI is InChI=1S/C11H15ClFNO2S/c1-14-11(5-6-17(2,15)16)8-3-4-10(13)9(12)7-8/h3-4,7,11,14H,5-6H2,1-2H3. The van der Waals surface area contributed by atoms with Crippen molar-refractivity contribution >= 4 is 21.4 Å². The molecular weight excluding hydrogens is 265 g/mol. The van der Waals surface area contributed by atoms with Crippen molar-refractivity contribution in [3.05, 3.63) is 34.6 Å². The Kier molecular flexibility index (Phi) is 4.91. The molecule has 0 radical (unpaired) electrons. The van der Waals surface area contributed by atoms with Crippen molar-refractivity contribution in [3.63, 3.8) is 0 Å². The zero-order valence-corrected chi connectivity index (χ0v) is 11.3. The van der Waals surface area contributed by atoms with Crippen molar-refractivity contribution in [2.45, 2.75) is 12.5 Å². The van der Waals surface area contributed by atoms with Crippen LogP contribution >= 0.6 is 11.6 Å². The van der Waals surface area contributed by atoms with Crippen molar-refractivity contribution in [2.24, 2.45) is 0 Å². The van der Waals surface area contributed by atoms with Crippen LogP contribution in [0.4, 0.5) is 4.39 Å². The molecular formula is C11H15ClFNO2S. The normalized spacial score (nSPS) is 13.6. The van der Waals surface area contributed by atoms with Crippen molar-refractivity contribution in [2.75, 3.05) is 19.1 Å². The van der Waals surface area contributed by atoms with Gasteiger partial charge in [-0.3, -0.25) is 0 Å². The third-order valence-corrected chi connectivity index (χ3v) is 3.74. The molecule has 1 N–H and O–H groups in total. The van der Waals surface area contributed by atoms with E-state index in [-0.39, 0.29) is 16.8 Å². The second-order valence-electron chi connectivity index (χ2n) is 3.93. The van der Waals surface area contributed by atoms with E-state index in [9.17, 15) is 12.8 Å². The molecule has 0 heterocycles. The summed E-state index contributed by atoms with van der Waals surface area (Å²) in [5.41, 5.74) is 0.780. The lowest BCUT2D eigenvalue weighted by Gasteiger charge is -2.16. The summed E-state index contributed by atoms with van der Waals surface area (Å²) >= 11 is 5.68. The minimum absolute atomic E-state index is 0.0436. The average Bonchev–Trinajstić information content (AvgIpc) is 2.22.